The first-order chi connectivity index (χ1) is 6.59. The smallest absolute Gasteiger partial charge is 0.239 e. The van der Waals surface area contributed by atoms with Gasteiger partial charge < -0.3 is 0 Å². The van der Waals surface area contributed by atoms with Gasteiger partial charge in [0, 0.05) is 5.02 Å². The molecule has 0 fully saturated rings. The van der Waals surface area contributed by atoms with Gasteiger partial charge in [-0.2, -0.15) is 4.99 Å². The van der Waals surface area contributed by atoms with Gasteiger partial charge in [0.05, 0.1) is 25.9 Å². The lowest BCUT2D eigenvalue weighted by Gasteiger charge is -2.21. The highest BCUT2D eigenvalue weighted by atomic mass is 35.5. The predicted octanol–water partition coefficient (Wildman–Crippen LogP) is 2.65. The van der Waals surface area contributed by atoms with Gasteiger partial charge in [-0.15, -0.1) is 0 Å². The lowest BCUT2D eigenvalue weighted by molar-refractivity contribution is -0.738. The van der Waals surface area contributed by atoms with Crippen molar-refractivity contribution in [2.75, 3.05) is 14.1 Å². The van der Waals surface area contributed by atoms with E-state index in [2.05, 4.69) is 19.1 Å². The summed E-state index contributed by atoms with van der Waals surface area (Å²) in [6.07, 6.45) is 3.88. The first kappa shape index (κ1) is 9.44. The van der Waals surface area contributed by atoms with Crippen molar-refractivity contribution in [3.8, 4) is 0 Å². The van der Waals surface area contributed by atoms with E-state index in [1.54, 1.807) is 0 Å². The van der Waals surface area contributed by atoms with Crippen molar-refractivity contribution >= 4 is 17.4 Å². The van der Waals surface area contributed by atoms with E-state index < -0.39 is 0 Å². The summed E-state index contributed by atoms with van der Waals surface area (Å²) in [7, 11) is 4.19. The Bertz CT molecular complexity index is 402. The van der Waals surface area contributed by atoms with Crippen molar-refractivity contribution in [1.29, 1.82) is 0 Å². The number of rotatable bonds is 1. The fraction of sp³-hybridized carbons (Fsp3) is 0.182. The summed E-state index contributed by atoms with van der Waals surface area (Å²) in [5.41, 5.74) is 1.12. The molecule has 0 aliphatic carbocycles. The van der Waals surface area contributed by atoms with E-state index in [0.29, 0.717) is 4.48 Å². The Hall–Kier alpha value is -1.12. The van der Waals surface area contributed by atoms with Crippen LogP contribution in [0.5, 0.6) is 0 Å². The van der Waals surface area contributed by atoms with Gasteiger partial charge in [0.25, 0.3) is 0 Å². The van der Waals surface area contributed by atoms with E-state index in [0.717, 1.165) is 16.4 Å². The number of benzene rings is 1. The molecule has 1 heterocycles. The molecule has 1 aliphatic heterocycles. The van der Waals surface area contributed by atoms with Crippen LogP contribution in [0.4, 0.5) is 0 Å². The van der Waals surface area contributed by atoms with E-state index in [1.807, 2.05) is 36.7 Å². The van der Waals surface area contributed by atoms with Crippen molar-refractivity contribution in [3.05, 3.63) is 47.3 Å². The molecule has 14 heavy (non-hydrogen) atoms. The number of aliphatic imine (C=N–C) groups is 1. The highest BCUT2D eigenvalue weighted by Crippen LogP contribution is 2.18. The fourth-order valence-electron chi connectivity index (χ4n) is 1.50. The first-order valence-electron chi connectivity index (χ1n) is 4.45. The van der Waals surface area contributed by atoms with Crippen molar-refractivity contribution in [3.63, 3.8) is 0 Å². The number of quaternary nitrogens is 1. The third-order valence-corrected chi connectivity index (χ3v) is 2.54. The average molecular weight is 208 g/mol. The van der Waals surface area contributed by atoms with E-state index in [4.69, 9.17) is 11.6 Å². The third-order valence-electron chi connectivity index (χ3n) is 2.28. The van der Waals surface area contributed by atoms with Crippen LogP contribution in [-0.4, -0.2) is 24.4 Å². The topological polar surface area (TPSA) is 12.4 Å². The van der Waals surface area contributed by atoms with Crippen LogP contribution < -0.4 is 0 Å². The van der Waals surface area contributed by atoms with Gasteiger partial charge in [-0.1, -0.05) is 11.6 Å². The second kappa shape index (κ2) is 3.23. The van der Waals surface area contributed by atoms with Crippen LogP contribution in [0.25, 0.3) is 0 Å². The van der Waals surface area contributed by atoms with Crippen molar-refractivity contribution in [2.24, 2.45) is 4.99 Å². The molecule has 0 unspecified atom stereocenters. The van der Waals surface area contributed by atoms with Crippen molar-refractivity contribution in [2.45, 2.75) is 0 Å². The number of hydrogen-bond donors (Lipinski definition) is 0. The van der Waals surface area contributed by atoms with Crippen LogP contribution in [0.2, 0.25) is 5.02 Å². The molecule has 0 N–H and O–H groups in total. The Morgan fingerprint density at radius 2 is 1.79 bits per heavy atom. The summed E-state index contributed by atoms with van der Waals surface area (Å²) in [4.78, 5) is 4.35. The highest BCUT2D eigenvalue weighted by molar-refractivity contribution is 6.30. The molecular weight excluding hydrogens is 196 g/mol. The van der Waals surface area contributed by atoms with Gasteiger partial charge in [-0.05, 0) is 24.3 Å². The summed E-state index contributed by atoms with van der Waals surface area (Å²) in [6, 6.07) is 7.76. The maximum atomic E-state index is 5.83. The normalized spacial score (nSPS) is 18.4. The standard InChI is InChI=1S/C11H12ClN2/c1-14(2)8-7-13-11(14)9-3-5-10(12)6-4-9/h3-8H,1-2H3/q+1. The SMILES string of the molecule is C[N+]1(C)C=CN=C1c1ccc(Cl)cc1. The number of nitrogens with zero attached hydrogens (tertiary/aromatic N) is 2. The quantitative estimate of drug-likeness (QED) is 0.628. The number of hydrogen-bond acceptors (Lipinski definition) is 1. The molecule has 0 atom stereocenters. The van der Waals surface area contributed by atoms with Crippen LogP contribution in [0, 0.1) is 0 Å². The van der Waals surface area contributed by atoms with Crippen LogP contribution in [0.1, 0.15) is 5.56 Å². The zero-order valence-electron chi connectivity index (χ0n) is 8.24. The van der Waals surface area contributed by atoms with Gasteiger partial charge in [-0.25, -0.2) is 0 Å². The van der Waals surface area contributed by atoms with Crippen LogP contribution in [-0.2, 0) is 0 Å². The average Bonchev–Trinajstić information content (AvgIpc) is 2.47. The van der Waals surface area contributed by atoms with Gasteiger partial charge >= 0.3 is 0 Å². The summed E-state index contributed by atoms with van der Waals surface area (Å²) in [5, 5.41) is 0.755. The highest BCUT2D eigenvalue weighted by Gasteiger charge is 2.26. The molecule has 0 aromatic heterocycles. The molecule has 0 radical (unpaired) electrons. The molecule has 2 nitrogen and oxygen atoms in total. The fourth-order valence-corrected chi connectivity index (χ4v) is 1.62. The summed E-state index contributed by atoms with van der Waals surface area (Å²) >= 11 is 5.83. The maximum absolute atomic E-state index is 5.83. The van der Waals surface area contributed by atoms with Crippen LogP contribution in [0.15, 0.2) is 41.7 Å². The van der Waals surface area contributed by atoms with Crippen molar-refractivity contribution in [1.82, 2.24) is 0 Å². The Morgan fingerprint density at radius 3 is 2.29 bits per heavy atom. The molecule has 0 spiro atoms. The minimum atomic E-state index is 0.682. The molecule has 1 aromatic rings. The minimum Gasteiger partial charge on any atom is -0.252 e. The molecule has 0 saturated heterocycles. The van der Waals surface area contributed by atoms with Gasteiger partial charge in [-0.3, -0.25) is 4.48 Å². The van der Waals surface area contributed by atoms with E-state index in [9.17, 15) is 0 Å². The van der Waals surface area contributed by atoms with Gasteiger partial charge in [0.1, 0.15) is 6.20 Å². The zero-order chi connectivity index (χ0) is 10.2. The number of halogens is 1. The lowest BCUT2D eigenvalue weighted by Crippen LogP contribution is -2.38. The monoisotopic (exact) mass is 207 g/mol. The Labute approximate surface area is 88.7 Å². The maximum Gasteiger partial charge on any atom is 0.239 e. The second-order valence-corrected chi connectivity index (χ2v) is 4.23. The van der Waals surface area contributed by atoms with Crippen molar-refractivity contribution < 1.29 is 4.48 Å². The lowest BCUT2D eigenvalue weighted by atomic mass is 10.2. The Morgan fingerprint density at radius 1 is 1.14 bits per heavy atom. The van der Waals surface area contributed by atoms with E-state index in [-0.39, 0.29) is 0 Å². The van der Waals surface area contributed by atoms with Gasteiger partial charge in [0.2, 0.25) is 5.84 Å². The predicted molar refractivity (Wildman–Crippen MR) is 59.2 cm³/mol. The zero-order valence-corrected chi connectivity index (χ0v) is 8.99. The molecule has 0 amide bonds. The van der Waals surface area contributed by atoms with E-state index in [1.165, 1.54) is 0 Å². The molecule has 0 saturated carbocycles. The molecule has 1 aromatic carbocycles. The van der Waals surface area contributed by atoms with E-state index >= 15 is 0 Å². The van der Waals surface area contributed by atoms with Crippen LogP contribution in [0.3, 0.4) is 0 Å². The number of amidine groups is 1. The molecular formula is C11H12ClN2+. The summed E-state index contributed by atoms with van der Waals surface area (Å²) < 4.78 is 0.682. The summed E-state index contributed by atoms with van der Waals surface area (Å²) in [6.45, 7) is 0. The minimum absolute atomic E-state index is 0.682. The molecule has 3 heteroatoms. The largest absolute Gasteiger partial charge is 0.252 e. The second-order valence-electron chi connectivity index (χ2n) is 3.80. The Kier molecular flexibility index (Phi) is 2.17. The first-order valence-corrected chi connectivity index (χ1v) is 4.83. The van der Waals surface area contributed by atoms with Gasteiger partial charge in [0.15, 0.2) is 0 Å². The molecule has 72 valence electrons. The Balaban J connectivity index is 2.38. The molecule has 1 aliphatic rings. The summed E-state index contributed by atoms with van der Waals surface area (Å²) in [5.74, 6) is 1.04. The third kappa shape index (κ3) is 1.59. The van der Waals surface area contributed by atoms with Crippen LogP contribution >= 0.6 is 11.6 Å². The molecule has 2 rings (SSSR count). The molecule has 0 bridgehead atoms.